The lowest BCUT2D eigenvalue weighted by Gasteiger charge is -2.53. The highest BCUT2D eigenvalue weighted by molar-refractivity contribution is 5.51. The zero-order chi connectivity index (χ0) is 20.3. The van der Waals surface area contributed by atoms with Crippen LogP contribution in [0.5, 0.6) is 11.5 Å². The first-order chi connectivity index (χ1) is 13.2. The van der Waals surface area contributed by atoms with Crippen LogP contribution in [0.25, 0.3) is 0 Å². The van der Waals surface area contributed by atoms with Crippen LogP contribution in [-0.4, -0.2) is 25.9 Å². The van der Waals surface area contributed by atoms with Crippen molar-refractivity contribution in [2.75, 3.05) is 14.2 Å². The lowest BCUT2D eigenvalue weighted by atomic mass is 9.52. The van der Waals surface area contributed by atoms with Crippen molar-refractivity contribution in [2.45, 2.75) is 84.3 Å². The zero-order valence-electron chi connectivity index (χ0n) is 18.8. The van der Waals surface area contributed by atoms with E-state index in [4.69, 9.17) is 14.2 Å². The summed E-state index contributed by atoms with van der Waals surface area (Å²) in [7, 11) is 3.55. The maximum absolute atomic E-state index is 6.59. The molecule has 3 nitrogen and oxygen atoms in total. The summed E-state index contributed by atoms with van der Waals surface area (Å²) in [4.78, 5) is 0. The molecule has 0 amide bonds. The Hall–Kier alpha value is -1.22. The number of ether oxygens (including phenoxy) is 3. The minimum Gasteiger partial charge on any atom is -0.497 e. The third-order valence-electron chi connectivity index (χ3n) is 7.97. The Morgan fingerprint density at radius 1 is 1.04 bits per heavy atom. The van der Waals surface area contributed by atoms with Crippen LogP contribution in [0, 0.1) is 23.2 Å². The van der Waals surface area contributed by atoms with Crippen LogP contribution < -0.4 is 9.47 Å². The van der Waals surface area contributed by atoms with E-state index in [9.17, 15) is 0 Å². The van der Waals surface area contributed by atoms with Crippen molar-refractivity contribution in [1.82, 2.24) is 0 Å². The van der Waals surface area contributed by atoms with Crippen LogP contribution in [0.2, 0.25) is 0 Å². The van der Waals surface area contributed by atoms with Crippen LogP contribution in [0.3, 0.4) is 0 Å². The van der Waals surface area contributed by atoms with E-state index in [2.05, 4.69) is 46.8 Å². The molecular formula is C25H38O3. The van der Waals surface area contributed by atoms with E-state index in [1.807, 2.05) is 0 Å². The first-order valence-electron chi connectivity index (χ1n) is 11.1. The van der Waals surface area contributed by atoms with Crippen LogP contribution in [0.4, 0.5) is 0 Å². The second kappa shape index (κ2) is 6.93. The molecule has 0 aromatic heterocycles. The van der Waals surface area contributed by atoms with Crippen molar-refractivity contribution in [1.29, 1.82) is 0 Å². The molecule has 2 saturated carbocycles. The summed E-state index contributed by atoms with van der Waals surface area (Å²) in [6, 6.07) is 4.33. The van der Waals surface area contributed by atoms with Crippen molar-refractivity contribution in [3.05, 3.63) is 23.3 Å². The minimum absolute atomic E-state index is 0.0655. The maximum Gasteiger partial charge on any atom is 0.126 e. The highest BCUT2D eigenvalue weighted by Crippen LogP contribution is 2.64. The van der Waals surface area contributed by atoms with E-state index in [0.29, 0.717) is 23.4 Å². The van der Waals surface area contributed by atoms with Crippen molar-refractivity contribution in [2.24, 2.45) is 23.2 Å². The Labute approximate surface area is 171 Å². The van der Waals surface area contributed by atoms with Gasteiger partial charge >= 0.3 is 0 Å². The lowest BCUT2D eigenvalue weighted by molar-refractivity contribution is -0.128. The molecule has 0 bridgehead atoms. The SMILES string of the molecule is COc1cc2c(c(OC)c1)[C@H]1CC[C@]3(C)[C@@H](OC(C)(C)C)CC[C@H]3[C@@H]1[C@H](C)C2. The summed E-state index contributed by atoms with van der Waals surface area (Å²) in [6.45, 7) is 11.6. The normalized spacial score (nSPS) is 37.0. The summed E-state index contributed by atoms with van der Waals surface area (Å²) in [6.07, 6.45) is 6.52. The molecule has 2 fully saturated rings. The van der Waals surface area contributed by atoms with Gasteiger partial charge in [0.25, 0.3) is 0 Å². The number of benzene rings is 1. The number of methoxy groups -OCH3 is 2. The number of hydrogen-bond donors (Lipinski definition) is 0. The predicted octanol–water partition coefficient (Wildman–Crippen LogP) is 5.99. The molecule has 0 saturated heterocycles. The molecule has 4 rings (SSSR count). The van der Waals surface area contributed by atoms with Gasteiger partial charge in [-0.1, -0.05) is 13.8 Å². The van der Waals surface area contributed by atoms with Crippen LogP contribution >= 0.6 is 0 Å². The standard InChI is InChI=1S/C25H38O3/c1-15-12-16-13-17(26-6)14-20(27-7)23(16)18-10-11-25(5)19(22(15)18)8-9-21(25)28-24(2,3)4/h13-15,18-19,21-22H,8-12H2,1-7H3/t15-,18+,19+,21+,22-,25+/m1/s1. The fraction of sp³-hybridized carbons (Fsp3) is 0.760. The minimum atomic E-state index is -0.0655. The molecule has 156 valence electrons. The first kappa shape index (κ1) is 20.1. The summed E-state index contributed by atoms with van der Waals surface area (Å²) in [5.41, 5.74) is 3.15. The topological polar surface area (TPSA) is 27.7 Å². The molecular weight excluding hydrogens is 348 g/mol. The van der Waals surface area contributed by atoms with Crippen molar-refractivity contribution in [3.63, 3.8) is 0 Å². The van der Waals surface area contributed by atoms with Gasteiger partial charge in [0.1, 0.15) is 11.5 Å². The monoisotopic (exact) mass is 386 g/mol. The van der Waals surface area contributed by atoms with Gasteiger partial charge in [0.2, 0.25) is 0 Å². The van der Waals surface area contributed by atoms with Gasteiger partial charge in [-0.15, -0.1) is 0 Å². The van der Waals surface area contributed by atoms with Gasteiger partial charge in [0.05, 0.1) is 25.9 Å². The largest absolute Gasteiger partial charge is 0.497 e. The Kier molecular flexibility index (Phi) is 4.97. The quantitative estimate of drug-likeness (QED) is 0.638. The summed E-state index contributed by atoms with van der Waals surface area (Å²) < 4.78 is 18.0. The molecule has 6 atom stereocenters. The summed E-state index contributed by atoms with van der Waals surface area (Å²) in [5, 5.41) is 0. The van der Waals surface area contributed by atoms with Gasteiger partial charge in [-0.2, -0.15) is 0 Å². The fourth-order valence-electron chi connectivity index (χ4n) is 6.91. The van der Waals surface area contributed by atoms with E-state index < -0.39 is 0 Å². The highest BCUT2D eigenvalue weighted by atomic mass is 16.5. The van der Waals surface area contributed by atoms with Crippen LogP contribution in [-0.2, 0) is 11.2 Å². The van der Waals surface area contributed by atoms with Gasteiger partial charge < -0.3 is 14.2 Å². The van der Waals surface area contributed by atoms with E-state index in [1.54, 1.807) is 14.2 Å². The highest BCUT2D eigenvalue weighted by Gasteiger charge is 2.57. The molecule has 0 spiro atoms. The zero-order valence-corrected chi connectivity index (χ0v) is 18.8. The average Bonchev–Trinajstić information content (AvgIpc) is 2.95. The predicted molar refractivity (Wildman–Crippen MR) is 113 cm³/mol. The Bertz CT molecular complexity index is 734. The molecule has 0 radical (unpaired) electrons. The molecule has 0 aliphatic heterocycles. The van der Waals surface area contributed by atoms with Crippen molar-refractivity contribution < 1.29 is 14.2 Å². The molecule has 1 aromatic carbocycles. The van der Waals surface area contributed by atoms with Gasteiger partial charge in [-0.25, -0.2) is 0 Å². The second-order valence-electron chi connectivity index (χ2n) is 10.7. The number of fused-ring (bicyclic) bond motifs is 5. The number of rotatable bonds is 3. The molecule has 28 heavy (non-hydrogen) atoms. The Morgan fingerprint density at radius 3 is 2.43 bits per heavy atom. The molecule has 3 aliphatic rings. The molecule has 0 heterocycles. The van der Waals surface area contributed by atoms with Gasteiger partial charge in [-0.05, 0) is 93.6 Å². The maximum atomic E-state index is 6.59. The Morgan fingerprint density at radius 2 is 1.79 bits per heavy atom. The molecule has 0 N–H and O–H groups in total. The summed E-state index contributed by atoms with van der Waals surface area (Å²) in [5.74, 6) is 4.70. The Balaban J connectivity index is 1.70. The molecule has 0 unspecified atom stereocenters. The first-order valence-corrected chi connectivity index (χ1v) is 11.1. The van der Waals surface area contributed by atoms with E-state index in [-0.39, 0.29) is 5.60 Å². The van der Waals surface area contributed by atoms with E-state index in [1.165, 1.54) is 36.8 Å². The van der Waals surface area contributed by atoms with E-state index in [0.717, 1.165) is 29.8 Å². The van der Waals surface area contributed by atoms with Gasteiger partial charge in [-0.3, -0.25) is 0 Å². The third kappa shape index (κ3) is 3.14. The number of hydrogen-bond acceptors (Lipinski definition) is 3. The average molecular weight is 387 g/mol. The molecule has 3 heteroatoms. The van der Waals surface area contributed by atoms with Crippen LogP contribution in [0.1, 0.15) is 77.3 Å². The second-order valence-corrected chi connectivity index (χ2v) is 10.7. The van der Waals surface area contributed by atoms with Crippen LogP contribution in [0.15, 0.2) is 12.1 Å². The van der Waals surface area contributed by atoms with E-state index >= 15 is 0 Å². The molecule has 1 aromatic rings. The third-order valence-corrected chi connectivity index (χ3v) is 7.97. The smallest absolute Gasteiger partial charge is 0.126 e. The van der Waals surface area contributed by atoms with Gasteiger partial charge in [0, 0.05) is 11.6 Å². The van der Waals surface area contributed by atoms with Crippen molar-refractivity contribution >= 4 is 0 Å². The van der Waals surface area contributed by atoms with Gasteiger partial charge in [0.15, 0.2) is 0 Å². The molecule has 3 aliphatic carbocycles. The lowest BCUT2D eigenvalue weighted by Crippen LogP contribution is -2.48. The fourth-order valence-corrected chi connectivity index (χ4v) is 6.91. The summed E-state index contributed by atoms with van der Waals surface area (Å²) >= 11 is 0. The van der Waals surface area contributed by atoms with Crippen molar-refractivity contribution in [3.8, 4) is 11.5 Å².